The summed E-state index contributed by atoms with van der Waals surface area (Å²) in [5.41, 5.74) is 2.16. The molecule has 3 heteroatoms. The first-order valence-electron chi connectivity index (χ1n) is 4.11. The highest BCUT2D eigenvalue weighted by atomic mass is 32.1. The van der Waals surface area contributed by atoms with Crippen molar-refractivity contribution in [2.45, 2.75) is 5.75 Å². The molecule has 2 rings (SSSR count). The Labute approximate surface area is 82.2 Å². The molecule has 1 aromatic heterocycles. The number of nitrogens with zero attached hydrogens (tertiary/aromatic N) is 1. The number of hydrogen-bond donors (Lipinski definition) is 2. The summed E-state index contributed by atoms with van der Waals surface area (Å²) < 4.78 is 2.04. The van der Waals surface area contributed by atoms with Gasteiger partial charge in [-0.15, -0.1) is 0 Å². The summed E-state index contributed by atoms with van der Waals surface area (Å²) in [5.74, 6) is 1.02. The van der Waals surface area contributed by atoms with Crippen LogP contribution in [0.4, 0.5) is 0 Å². The number of aryl methyl sites for hydroxylation is 1. The monoisotopic (exact) mass is 193 g/mol. The van der Waals surface area contributed by atoms with E-state index in [1.165, 1.54) is 0 Å². The first-order chi connectivity index (χ1) is 6.24. The van der Waals surface area contributed by atoms with E-state index < -0.39 is 0 Å². The molecule has 0 saturated carbocycles. The third kappa shape index (κ3) is 1.20. The van der Waals surface area contributed by atoms with E-state index in [1.807, 2.05) is 29.8 Å². The summed E-state index contributed by atoms with van der Waals surface area (Å²) in [6, 6.07) is 7.50. The number of thiol groups is 1. The van der Waals surface area contributed by atoms with Gasteiger partial charge >= 0.3 is 0 Å². The van der Waals surface area contributed by atoms with Crippen LogP contribution < -0.4 is 0 Å². The lowest BCUT2D eigenvalue weighted by Gasteiger charge is -1.99. The fraction of sp³-hybridized carbons (Fsp3) is 0.200. The lowest BCUT2D eigenvalue weighted by atomic mass is 10.2. The Morgan fingerprint density at radius 3 is 2.85 bits per heavy atom. The van der Waals surface area contributed by atoms with E-state index >= 15 is 0 Å². The molecule has 0 spiro atoms. The van der Waals surface area contributed by atoms with Crippen molar-refractivity contribution >= 4 is 23.5 Å². The minimum absolute atomic E-state index is 0.334. The van der Waals surface area contributed by atoms with Crippen LogP contribution in [-0.2, 0) is 12.8 Å². The van der Waals surface area contributed by atoms with Crippen molar-refractivity contribution in [1.29, 1.82) is 0 Å². The van der Waals surface area contributed by atoms with E-state index in [9.17, 15) is 5.11 Å². The Morgan fingerprint density at radius 1 is 1.46 bits per heavy atom. The summed E-state index contributed by atoms with van der Waals surface area (Å²) in [4.78, 5) is 0. The molecular weight excluding hydrogens is 182 g/mol. The first kappa shape index (κ1) is 8.51. The second kappa shape index (κ2) is 3.00. The van der Waals surface area contributed by atoms with E-state index in [-0.39, 0.29) is 0 Å². The Kier molecular flexibility index (Phi) is 1.96. The average Bonchev–Trinajstić information content (AvgIpc) is 2.45. The van der Waals surface area contributed by atoms with E-state index in [0.717, 1.165) is 16.6 Å². The molecule has 2 aromatic rings. The molecule has 0 unspecified atom stereocenters. The Bertz CT molecular complexity index is 447. The number of fused-ring (bicyclic) bond motifs is 1. The number of benzene rings is 1. The van der Waals surface area contributed by atoms with Crippen LogP contribution in [-0.4, -0.2) is 9.67 Å². The van der Waals surface area contributed by atoms with Gasteiger partial charge in [-0.2, -0.15) is 12.6 Å². The van der Waals surface area contributed by atoms with Crippen molar-refractivity contribution in [2.24, 2.45) is 7.05 Å². The normalized spacial score (nSPS) is 10.9. The number of hydrogen-bond acceptors (Lipinski definition) is 2. The molecule has 1 heterocycles. The summed E-state index contributed by atoms with van der Waals surface area (Å²) in [7, 11) is 1.98. The second-order valence-electron chi connectivity index (χ2n) is 3.06. The molecule has 0 aliphatic rings. The van der Waals surface area contributed by atoms with E-state index in [4.69, 9.17) is 0 Å². The molecule has 1 N–H and O–H groups in total. The van der Waals surface area contributed by atoms with Gasteiger partial charge in [0.2, 0.25) is 0 Å². The predicted octanol–water partition coefficient (Wildman–Crippen LogP) is 2.31. The molecule has 0 aliphatic heterocycles. The van der Waals surface area contributed by atoms with Crippen LogP contribution in [0.3, 0.4) is 0 Å². The molecule has 0 amide bonds. The van der Waals surface area contributed by atoms with Crippen LogP contribution in [0.25, 0.3) is 10.9 Å². The minimum Gasteiger partial charge on any atom is -0.507 e. The van der Waals surface area contributed by atoms with Crippen molar-refractivity contribution in [3.05, 3.63) is 30.0 Å². The van der Waals surface area contributed by atoms with Gasteiger partial charge in [-0.25, -0.2) is 0 Å². The summed E-state index contributed by atoms with van der Waals surface area (Å²) >= 11 is 4.22. The third-order valence-electron chi connectivity index (χ3n) is 2.33. The van der Waals surface area contributed by atoms with Gasteiger partial charge in [-0.05, 0) is 18.2 Å². The largest absolute Gasteiger partial charge is 0.507 e. The van der Waals surface area contributed by atoms with Gasteiger partial charge in [0.15, 0.2) is 0 Å². The lowest BCUT2D eigenvalue weighted by Crippen LogP contribution is -1.91. The molecular formula is C10H11NOS. The number of rotatable bonds is 1. The fourth-order valence-electron chi connectivity index (χ4n) is 1.55. The number of phenols is 1. The van der Waals surface area contributed by atoms with Crippen molar-refractivity contribution in [1.82, 2.24) is 4.57 Å². The Morgan fingerprint density at radius 2 is 2.23 bits per heavy atom. The van der Waals surface area contributed by atoms with Crippen molar-refractivity contribution in [2.75, 3.05) is 0 Å². The highest BCUT2D eigenvalue weighted by Crippen LogP contribution is 2.27. The molecule has 0 bridgehead atoms. The van der Waals surface area contributed by atoms with Crippen LogP contribution in [0.5, 0.6) is 5.75 Å². The highest BCUT2D eigenvalue weighted by Gasteiger charge is 2.06. The maximum atomic E-state index is 9.57. The molecule has 0 atom stereocenters. The quantitative estimate of drug-likeness (QED) is 0.668. The fourth-order valence-corrected chi connectivity index (χ4v) is 1.85. The van der Waals surface area contributed by atoms with Crippen LogP contribution in [0, 0.1) is 0 Å². The van der Waals surface area contributed by atoms with Crippen molar-refractivity contribution < 1.29 is 5.11 Å². The molecule has 1 aromatic carbocycles. The van der Waals surface area contributed by atoms with Gasteiger partial charge in [-0.3, -0.25) is 0 Å². The van der Waals surface area contributed by atoms with Gasteiger partial charge in [0.25, 0.3) is 0 Å². The molecule has 0 radical (unpaired) electrons. The Hall–Kier alpha value is -1.09. The van der Waals surface area contributed by atoms with Crippen molar-refractivity contribution in [3.63, 3.8) is 0 Å². The SMILES string of the molecule is Cn1c(CS)cc2c(O)cccc21. The second-order valence-corrected chi connectivity index (χ2v) is 3.38. The maximum Gasteiger partial charge on any atom is 0.124 e. The molecule has 68 valence electrons. The minimum atomic E-state index is 0.334. The molecule has 2 nitrogen and oxygen atoms in total. The smallest absolute Gasteiger partial charge is 0.124 e. The average molecular weight is 193 g/mol. The van der Waals surface area contributed by atoms with Crippen molar-refractivity contribution in [3.8, 4) is 5.75 Å². The zero-order valence-corrected chi connectivity index (χ0v) is 8.25. The van der Waals surface area contributed by atoms with Crippen LogP contribution in [0.15, 0.2) is 24.3 Å². The highest BCUT2D eigenvalue weighted by molar-refractivity contribution is 7.79. The van der Waals surface area contributed by atoms with Crippen LogP contribution >= 0.6 is 12.6 Å². The topological polar surface area (TPSA) is 25.2 Å². The Balaban J connectivity index is 2.83. The van der Waals surface area contributed by atoms with Crippen LogP contribution in [0.1, 0.15) is 5.69 Å². The van der Waals surface area contributed by atoms with Gasteiger partial charge in [-0.1, -0.05) is 6.07 Å². The standard InChI is InChI=1S/C10H11NOS/c1-11-7(6-13)5-8-9(11)3-2-4-10(8)12/h2-5,12-13H,6H2,1H3. The summed E-state index contributed by atoms with van der Waals surface area (Å²) in [6.45, 7) is 0. The number of aromatic nitrogens is 1. The third-order valence-corrected chi connectivity index (χ3v) is 2.65. The summed E-state index contributed by atoms with van der Waals surface area (Å²) in [5, 5.41) is 10.5. The zero-order valence-electron chi connectivity index (χ0n) is 7.36. The molecule has 0 saturated heterocycles. The van der Waals surface area contributed by atoms with Gasteiger partial charge in [0, 0.05) is 23.9 Å². The van der Waals surface area contributed by atoms with E-state index in [2.05, 4.69) is 12.6 Å². The molecule has 13 heavy (non-hydrogen) atoms. The van der Waals surface area contributed by atoms with Gasteiger partial charge < -0.3 is 9.67 Å². The number of aromatic hydroxyl groups is 1. The van der Waals surface area contributed by atoms with Gasteiger partial charge in [0.05, 0.1) is 5.52 Å². The zero-order chi connectivity index (χ0) is 9.42. The summed E-state index contributed by atoms with van der Waals surface area (Å²) in [6.07, 6.45) is 0. The van der Waals surface area contributed by atoms with E-state index in [0.29, 0.717) is 11.5 Å². The predicted molar refractivity (Wildman–Crippen MR) is 57.3 cm³/mol. The van der Waals surface area contributed by atoms with E-state index in [1.54, 1.807) is 6.07 Å². The van der Waals surface area contributed by atoms with Gasteiger partial charge in [0.1, 0.15) is 5.75 Å². The molecule has 0 aliphatic carbocycles. The number of phenolic OH excluding ortho intramolecular Hbond substituents is 1. The first-order valence-corrected chi connectivity index (χ1v) is 4.74. The lowest BCUT2D eigenvalue weighted by molar-refractivity contribution is 0.481. The maximum absolute atomic E-state index is 9.57. The van der Waals surface area contributed by atoms with Crippen LogP contribution in [0.2, 0.25) is 0 Å². The molecule has 0 fully saturated rings.